The van der Waals surface area contributed by atoms with E-state index in [0.29, 0.717) is 5.82 Å². The average Bonchev–Trinajstić information content (AvgIpc) is 3.27. The number of imidazole rings is 1. The van der Waals surface area contributed by atoms with Gasteiger partial charge in [-0.1, -0.05) is 30.3 Å². The number of hydrogen-bond donors (Lipinski definition) is 0. The second-order valence-electron chi connectivity index (χ2n) is 6.06. The molecule has 2 aromatic carbocycles. The van der Waals surface area contributed by atoms with Gasteiger partial charge in [0.2, 0.25) is 0 Å². The molecule has 0 atom stereocenters. The maximum absolute atomic E-state index is 5.58. The van der Waals surface area contributed by atoms with Gasteiger partial charge < -0.3 is 9.30 Å². The van der Waals surface area contributed by atoms with Crippen LogP contribution in [-0.2, 0) is 7.05 Å². The number of aryl methyl sites for hydroxylation is 2. The van der Waals surface area contributed by atoms with Crippen molar-refractivity contribution in [2.75, 3.05) is 7.11 Å². The van der Waals surface area contributed by atoms with Crippen LogP contribution in [0.25, 0.3) is 28.5 Å². The molecular weight excluding hydrogens is 326 g/mol. The van der Waals surface area contributed by atoms with Crippen LogP contribution in [0, 0.1) is 6.92 Å². The fraction of sp³-hybridized carbons (Fsp3) is 0.150. The van der Waals surface area contributed by atoms with Crippen LogP contribution < -0.4 is 4.74 Å². The molecule has 0 bridgehead atoms. The van der Waals surface area contributed by atoms with Crippen molar-refractivity contribution in [3.05, 3.63) is 66.7 Å². The minimum Gasteiger partial charge on any atom is -0.495 e. The zero-order valence-electron chi connectivity index (χ0n) is 14.9. The maximum Gasteiger partial charge on any atom is 0.181 e. The largest absolute Gasteiger partial charge is 0.495 e. The van der Waals surface area contributed by atoms with E-state index < -0.39 is 0 Å². The molecule has 26 heavy (non-hydrogen) atoms. The summed E-state index contributed by atoms with van der Waals surface area (Å²) in [6.07, 6.45) is 3.74. The van der Waals surface area contributed by atoms with Crippen molar-refractivity contribution in [2.24, 2.45) is 7.05 Å². The quantitative estimate of drug-likeness (QED) is 0.566. The molecule has 2 aromatic heterocycles. The molecule has 6 nitrogen and oxygen atoms in total. The normalized spacial score (nSPS) is 10.9. The molecule has 6 heteroatoms. The third-order valence-corrected chi connectivity index (χ3v) is 4.22. The van der Waals surface area contributed by atoms with Gasteiger partial charge in [0.1, 0.15) is 5.75 Å². The Hall–Kier alpha value is -3.41. The van der Waals surface area contributed by atoms with Crippen LogP contribution in [0.2, 0.25) is 0 Å². The van der Waals surface area contributed by atoms with Gasteiger partial charge in [-0.3, -0.25) is 0 Å². The number of aromatic nitrogens is 5. The first-order valence-corrected chi connectivity index (χ1v) is 8.31. The van der Waals surface area contributed by atoms with E-state index in [1.54, 1.807) is 18.1 Å². The molecule has 4 rings (SSSR count). The van der Waals surface area contributed by atoms with Crippen molar-refractivity contribution in [3.63, 3.8) is 0 Å². The molecule has 2 heterocycles. The lowest BCUT2D eigenvalue weighted by Crippen LogP contribution is -1.96. The number of hydrogen-bond acceptors (Lipinski definition) is 4. The third-order valence-electron chi connectivity index (χ3n) is 4.22. The molecule has 0 N–H and O–H groups in total. The molecule has 0 saturated heterocycles. The molecule has 0 aliphatic rings. The van der Waals surface area contributed by atoms with Crippen LogP contribution in [0.4, 0.5) is 0 Å². The van der Waals surface area contributed by atoms with Crippen LogP contribution in [0.1, 0.15) is 5.69 Å². The molecule has 0 spiro atoms. The van der Waals surface area contributed by atoms with E-state index in [2.05, 4.69) is 10.1 Å². The number of nitrogens with zero attached hydrogens (tertiary/aromatic N) is 5. The first kappa shape index (κ1) is 16.1. The minimum absolute atomic E-state index is 0.665. The van der Waals surface area contributed by atoms with Crippen molar-refractivity contribution in [1.29, 1.82) is 0 Å². The summed E-state index contributed by atoms with van der Waals surface area (Å²) in [4.78, 5) is 8.99. The van der Waals surface area contributed by atoms with E-state index >= 15 is 0 Å². The van der Waals surface area contributed by atoms with E-state index in [0.717, 1.165) is 34.1 Å². The molecule has 0 fully saturated rings. The first-order chi connectivity index (χ1) is 12.7. The van der Waals surface area contributed by atoms with Crippen LogP contribution in [-0.4, -0.2) is 31.4 Å². The molecule has 0 saturated carbocycles. The fourth-order valence-electron chi connectivity index (χ4n) is 2.93. The van der Waals surface area contributed by atoms with Crippen molar-refractivity contribution in [2.45, 2.75) is 6.92 Å². The first-order valence-electron chi connectivity index (χ1n) is 8.31. The molecule has 0 aliphatic carbocycles. The van der Waals surface area contributed by atoms with Gasteiger partial charge >= 0.3 is 0 Å². The minimum atomic E-state index is 0.665. The topological polar surface area (TPSA) is 57.8 Å². The lowest BCUT2D eigenvalue weighted by molar-refractivity contribution is 0.413. The van der Waals surface area contributed by atoms with Crippen molar-refractivity contribution >= 4 is 0 Å². The van der Waals surface area contributed by atoms with Crippen LogP contribution in [0.15, 0.2) is 61.1 Å². The zero-order chi connectivity index (χ0) is 18.1. The van der Waals surface area contributed by atoms with E-state index in [1.165, 1.54) is 0 Å². The van der Waals surface area contributed by atoms with Crippen molar-refractivity contribution in [1.82, 2.24) is 24.3 Å². The standard InChI is InChI=1S/C20H19N5O/c1-14-12-25(13-21-14)17-10-9-16(11-18(17)26-3)19-22-20(24(2)23-19)15-7-5-4-6-8-15/h4-13H,1-3H3. The van der Waals surface area contributed by atoms with E-state index in [9.17, 15) is 0 Å². The van der Waals surface area contributed by atoms with Gasteiger partial charge in [0.25, 0.3) is 0 Å². The van der Waals surface area contributed by atoms with Gasteiger partial charge in [-0.15, -0.1) is 0 Å². The molecule has 0 radical (unpaired) electrons. The molecule has 0 aliphatic heterocycles. The van der Waals surface area contributed by atoms with E-state index in [-0.39, 0.29) is 0 Å². The summed E-state index contributed by atoms with van der Waals surface area (Å²) in [5, 5.41) is 4.57. The molecule has 0 amide bonds. The molecular formula is C20H19N5O. The number of ether oxygens (including phenoxy) is 1. The van der Waals surface area contributed by atoms with Gasteiger partial charge in [0, 0.05) is 24.4 Å². The SMILES string of the molecule is COc1cc(-c2nc(-c3ccccc3)n(C)n2)ccc1-n1cnc(C)c1. The van der Waals surface area contributed by atoms with Crippen molar-refractivity contribution < 1.29 is 4.74 Å². The Morgan fingerprint density at radius 3 is 2.50 bits per heavy atom. The maximum atomic E-state index is 5.58. The number of rotatable bonds is 4. The number of methoxy groups -OCH3 is 1. The molecule has 4 aromatic rings. The zero-order valence-corrected chi connectivity index (χ0v) is 14.9. The van der Waals surface area contributed by atoms with Crippen LogP contribution in [0.5, 0.6) is 5.75 Å². The number of benzene rings is 2. The predicted octanol–water partition coefficient (Wildman–Crippen LogP) is 3.65. The average molecular weight is 345 g/mol. The Balaban J connectivity index is 1.75. The monoisotopic (exact) mass is 345 g/mol. The second kappa shape index (κ2) is 6.48. The van der Waals surface area contributed by atoms with E-state index in [4.69, 9.17) is 9.72 Å². The Kier molecular flexibility index (Phi) is 4.01. The highest BCUT2D eigenvalue weighted by Gasteiger charge is 2.14. The Morgan fingerprint density at radius 1 is 1.00 bits per heavy atom. The highest BCUT2D eigenvalue weighted by atomic mass is 16.5. The summed E-state index contributed by atoms with van der Waals surface area (Å²) in [6, 6.07) is 16.0. The Bertz CT molecular complexity index is 1050. The summed E-state index contributed by atoms with van der Waals surface area (Å²) >= 11 is 0. The fourth-order valence-corrected chi connectivity index (χ4v) is 2.93. The van der Waals surface area contributed by atoms with Gasteiger partial charge in [-0.05, 0) is 25.1 Å². The predicted molar refractivity (Wildman–Crippen MR) is 100 cm³/mol. The summed E-state index contributed by atoms with van der Waals surface area (Å²) < 4.78 is 9.32. The summed E-state index contributed by atoms with van der Waals surface area (Å²) in [6.45, 7) is 1.96. The Labute approximate surface area is 151 Å². The van der Waals surface area contributed by atoms with Crippen LogP contribution >= 0.6 is 0 Å². The van der Waals surface area contributed by atoms with Gasteiger partial charge in [-0.25, -0.2) is 14.6 Å². The van der Waals surface area contributed by atoms with Crippen LogP contribution in [0.3, 0.4) is 0 Å². The summed E-state index contributed by atoms with van der Waals surface area (Å²) in [5.41, 5.74) is 3.82. The Morgan fingerprint density at radius 2 is 1.81 bits per heavy atom. The molecule has 0 unspecified atom stereocenters. The highest BCUT2D eigenvalue weighted by Crippen LogP contribution is 2.29. The lowest BCUT2D eigenvalue weighted by atomic mass is 10.1. The highest BCUT2D eigenvalue weighted by molar-refractivity contribution is 5.65. The van der Waals surface area contributed by atoms with Gasteiger partial charge in [-0.2, -0.15) is 5.10 Å². The van der Waals surface area contributed by atoms with E-state index in [1.807, 2.05) is 73.3 Å². The molecule has 130 valence electrons. The second-order valence-corrected chi connectivity index (χ2v) is 6.06. The summed E-state index contributed by atoms with van der Waals surface area (Å²) in [5.74, 6) is 2.24. The summed E-state index contributed by atoms with van der Waals surface area (Å²) in [7, 11) is 3.56. The lowest BCUT2D eigenvalue weighted by Gasteiger charge is -2.10. The third kappa shape index (κ3) is 2.86. The van der Waals surface area contributed by atoms with Gasteiger partial charge in [0.05, 0.1) is 24.8 Å². The smallest absolute Gasteiger partial charge is 0.181 e. The van der Waals surface area contributed by atoms with Crippen molar-refractivity contribution in [3.8, 4) is 34.2 Å². The van der Waals surface area contributed by atoms with Gasteiger partial charge in [0.15, 0.2) is 11.6 Å².